The Labute approximate surface area is 200 Å². The van der Waals surface area contributed by atoms with Crippen LogP contribution in [0.3, 0.4) is 0 Å². The smallest absolute Gasteiger partial charge is 0.136 e. The summed E-state index contributed by atoms with van der Waals surface area (Å²) in [6.45, 7) is 11.3. The number of ketones is 2. The number of carbonyl (C=O) groups is 2. The topological polar surface area (TPSA) is 52.6 Å². The first-order valence-electron chi connectivity index (χ1n) is 12.9. The maximum atomic E-state index is 12.8. The van der Waals surface area contributed by atoms with Gasteiger partial charge in [-0.15, -0.1) is 0 Å². The van der Waals surface area contributed by atoms with Gasteiger partial charge in [0.1, 0.15) is 11.6 Å². The van der Waals surface area contributed by atoms with E-state index >= 15 is 0 Å². The van der Waals surface area contributed by atoms with Crippen LogP contribution in [0.4, 0.5) is 0 Å². The Morgan fingerprint density at radius 1 is 1.15 bits per heavy atom. The molecule has 0 saturated heterocycles. The van der Waals surface area contributed by atoms with Gasteiger partial charge in [0, 0.05) is 25.2 Å². The van der Waals surface area contributed by atoms with Crippen LogP contribution in [0.15, 0.2) is 30.3 Å². The van der Waals surface area contributed by atoms with Gasteiger partial charge in [0.15, 0.2) is 0 Å². The van der Waals surface area contributed by atoms with E-state index in [-0.39, 0.29) is 34.9 Å². The first-order chi connectivity index (χ1) is 15.6. The standard InChI is InChI=1S/C29H44O4/c1-21(32-20-22-12-7-6-8-13-22)11-9-10-14-25(30)17-23-19-29(5)24(18-26(23)31)15-16-27(29)33-28(2,3)4/h6-8,12-13,21,23-24,27H,9-11,14-20H2,1-5H3/t21-,23-,24+,27+,29+/m1/s1. The van der Waals surface area contributed by atoms with Crippen molar-refractivity contribution in [1.82, 2.24) is 0 Å². The summed E-state index contributed by atoms with van der Waals surface area (Å²) < 4.78 is 12.3. The molecule has 0 N–H and O–H groups in total. The number of rotatable bonds is 11. The minimum atomic E-state index is -0.183. The highest BCUT2D eigenvalue weighted by molar-refractivity contribution is 5.88. The molecule has 0 spiro atoms. The summed E-state index contributed by atoms with van der Waals surface area (Å²) in [6, 6.07) is 10.2. The number of hydrogen-bond acceptors (Lipinski definition) is 4. The molecule has 5 atom stereocenters. The SMILES string of the molecule is C[C@H](CCCCC(=O)C[C@@H]1C[C@@]2(C)[C@@H](CC[C@@H]2OC(C)(C)C)CC1=O)OCc1ccccc1. The van der Waals surface area contributed by atoms with Crippen LogP contribution in [0.5, 0.6) is 0 Å². The van der Waals surface area contributed by atoms with Crippen molar-refractivity contribution in [2.45, 2.75) is 117 Å². The highest BCUT2D eigenvalue weighted by Crippen LogP contribution is 2.55. The van der Waals surface area contributed by atoms with E-state index in [1.807, 2.05) is 18.2 Å². The molecule has 3 rings (SSSR count). The van der Waals surface area contributed by atoms with Crippen LogP contribution in [-0.2, 0) is 25.7 Å². The molecule has 4 nitrogen and oxygen atoms in total. The normalized spacial score (nSPS) is 28.5. The van der Waals surface area contributed by atoms with Gasteiger partial charge in [0.25, 0.3) is 0 Å². The second-order valence-corrected chi connectivity index (χ2v) is 11.7. The van der Waals surface area contributed by atoms with E-state index in [2.05, 4.69) is 46.8 Å². The van der Waals surface area contributed by atoms with Gasteiger partial charge in [-0.3, -0.25) is 9.59 Å². The van der Waals surface area contributed by atoms with Crippen LogP contribution in [0.1, 0.15) is 98.0 Å². The summed E-state index contributed by atoms with van der Waals surface area (Å²) in [7, 11) is 0. The van der Waals surface area contributed by atoms with Crippen molar-refractivity contribution in [3.63, 3.8) is 0 Å². The lowest BCUT2D eigenvalue weighted by Gasteiger charge is -2.44. The molecular formula is C29H44O4. The number of benzene rings is 1. The Morgan fingerprint density at radius 3 is 2.58 bits per heavy atom. The van der Waals surface area contributed by atoms with Crippen molar-refractivity contribution < 1.29 is 19.1 Å². The Morgan fingerprint density at radius 2 is 1.88 bits per heavy atom. The van der Waals surface area contributed by atoms with E-state index in [9.17, 15) is 9.59 Å². The van der Waals surface area contributed by atoms with Gasteiger partial charge in [0.2, 0.25) is 0 Å². The zero-order chi connectivity index (χ0) is 24.1. The fraction of sp³-hybridized carbons (Fsp3) is 0.724. The summed E-state index contributed by atoms with van der Waals surface area (Å²) in [5.41, 5.74) is 1.01. The molecular weight excluding hydrogens is 412 g/mol. The van der Waals surface area contributed by atoms with Crippen molar-refractivity contribution in [1.29, 1.82) is 0 Å². The second kappa shape index (κ2) is 11.3. The second-order valence-electron chi connectivity index (χ2n) is 11.7. The molecule has 0 heterocycles. The quantitative estimate of drug-likeness (QED) is 0.348. The number of ether oxygens (including phenoxy) is 2. The monoisotopic (exact) mass is 456 g/mol. The molecule has 1 aromatic rings. The fourth-order valence-electron chi connectivity index (χ4n) is 5.80. The summed E-state index contributed by atoms with van der Waals surface area (Å²) in [6.07, 6.45) is 7.64. The van der Waals surface area contributed by atoms with Crippen molar-refractivity contribution in [3.05, 3.63) is 35.9 Å². The minimum absolute atomic E-state index is 0.0116. The van der Waals surface area contributed by atoms with Crippen molar-refractivity contribution >= 4 is 11.6 Å². The van der Waals surface area contributed by atoms with Gasteiger partial charge in [0.05, 0.1) is 24.4 Å². The third-order valence-corrected chi connectivity index (χ3v) is 7.70. The molecule has 0 unspecified atom stereocenters. The Balaban J connectivity index is 1.39. The first kappa shape index (κ1) is 26.1. The number of fused-ring (bicyclic) bond motifs is 1. The number of Topliss-reactive ketones (excluding diaryl/α,β-unsaturated/α-hetero) is 2. The summed E-state index contributed by atoms with van der Waals surface area (Å²) in [4.78, 5) is 25.5. The van der Waals surface area contributed by atoms with Crippen LogP contribution in [0, 0.1) is 17.3 Å². The summed E-state index contributed by atoms with van der Waals surface area (Å²) in [5.74, 6) is 0.807. The van der Waals surface area contributed by atoms with Gasteiger partial charge in [-0.2, -0.15) is 0 Å². The third kappa shape index (κ3) is 7.48. The van der Waals surface area contributed by atoms with Crippen molar-refractivity contribution in [2.24, 2.45) is 17.3 Å². The van der Waals surface area contributed by atoms with Crippen LogP contribution < -0.4 is 0 Å². The third-order valence-electron chi connectivity index (χ3n) is 7.70. The van der Waals surface area contributed by atoms with Crippen LogP contribution in [0.2, 0.25) is 0 Å². The molecule has 0 aliphatic heterocycles. The Hall–Kier alpha value is -1.52. The zero-order valence-electron chi connectivity index (χ0n) is 21.4. The van der Waals surface area contributed by atoms with E-state index < -0.39 is 0 Å². The molecule has 0 radical (unpaired) electrons. The highest BCUT2D eigenvalue weighted by atomic mass is 16.5. The number of hydrogen-bond donors (Lipinski definition) is 0. The van der Waals surface area contributed by atoms with Crippen molar-refractivity contribution in [2.75, 3.05) is 0 Å². The molecule has 2 aliphatic carbocycles. The van der Waals surface area contributed by atoms with Crippen LogP contribution in [0.25, 0.3) is 0 Å². The number of carbonyl (C=O) groups excluding carboxylic acids is 2. The summed E-state index contributed by atoms with van der Waals surface area (Å²) in [5, 5.41) is 0. The van der Waals surface area contributed by atoms with Gasteiger partial charge < -0.3 is 9.47 Å². The average molecular weight is 457 g/mol. The molecule has 184 valence electrons. The summed E-state index contributed by atoms with van der Waals surface area (Å²) >= 11 is 0. The number of unbranched alkanes of at least 4 members (excludes halogenated alkanes) is 1. The zero-order valence-corrected chi connectivity index (χ0v) is 21.4. The van der Waals surface area contributed by atoms with Crippen LogP contribution >= 0.6 is 0 Å². The largest absolute Gasteiger partial charge is 0.374 e. The molecule has 0 bridgehead atoms. The predicted molar refractivity (Wildman–Crippen MR) is 132 cm³/mol. The predicted octanol–water partition coefficient (Wildman–Crippen LogP) is 6.69. The molecule has 33 heavy (non-hydrogen) atoms. The first-order valence-corrected chi connectivity index (χ1v) is 12.9. The maximum Gasteiger partial charge on any atom is 0.136 e. The molecule has 2 saturated carbocycles. The molecule has 2 fully saturated rings. The van der Waals surface area contributed by atoms with E-state index in [4.69, 9.17) is 9.47 Å². The van der Waals surface area contributed by atoms with Gasteiger partial charge in [-0.1, -0.05) is 43.7 Å². The molecule has 0 amide bonds. The lowest BCUT2D eigenvalue weighted by atomic mass is 9.63. The fourth-order valence-corrected chi connectivity index (χ4v) is 5.80. The van der Waals surface area contributed by atoms with Gasteiger partial charge in [-0.25, -0.2) is 0 Å². The van der Waals surface area contributed by atoms with E-state index in [0.717, 1.165) is 38.5 Å². The van der Waals surface area contributed by atoms with Gasteiger partial charge in [-0.05, 0) is 76.7 Å². The van der Waals surface area contributed by atoms with Gasteiger partial charge >= 0.3 is 0 Å². The van der Waals surface area contributed by atoms with Crippen molar-refractivity contribution in [3.8, 4) is 0 Å². The van der Waals surface area contributed by atoms with E-state index in [1.54, 1.807) is 0 Å². The average Bonchev–Trinajstić information content (AvgIpc) is 3.04. The molecule has 4 heteroatoms. The Kier molecular flexibility index (Phi) is 8.91. The van der Waals surface area contributed by atoms with E-state index in [0.29, 0.717) is 37.6 Å². The molecule has 2 aliphatic rings. The minimum Gasteiger partial charge on any atom is -0.374 e. The highest BCUT2D eigenvalue weighted by Gasteiger charge is 2.53. The lowest BCUT2D eigenvalue weighted by Crippen LogP contribution is -2.45. The molecule has 0 aromatic heterocycles. The maximum absolute atomic E-state index is 12.8. The Bertz CT molecular complexity index is 781. The van der Waals surface area contributed by atoms with Crippen LogP contribution in [-0.4, -0.2) is 29.4 Å². The molecule has 1 aromatic carbocycles. The lowest BCUT2D eigenvalue weighted by molar-refractivity contribution is -0.145. The van der Waals surface area contributed by atoms with E-state index in [1.165, 1.54) is 5.56 Å².